The lowest BCUT2D eigenvalue weighted by Gasteiger charge is -2.13. The minimum atomic E-state index is -1.84. The van der Waals surface area contributed by atoms with Crippen LogP contribution in [0.1, 0.15) is 41.4 Å². The fraction of sp³-hybridized carbons (Fsp3) is 0. The molecule has 4 rings (SSSR count). The van der Waals surface area contributed by atoms with Crippen molar-refractivity contribution in [2.75, 3.05) is 0 Å². The summed E-state index contributed by atoms with van der Waals surface area (Å²) in [5.74, 6) is -5.42. The van der Waals surface area contributed by atoms with Gasteiger partial charge in [-0.1, -0.05) is 48.5 Å². The average molecular weight is 404 g/mol. The van der Waals surface area contributed by atoms with Crippen LogP contribution in [-0.2, 0) is 14.3 Å². The summed E-state index contributed by atoms with van der Waals surface area (Å²) in [6.07, 6.45) is 3.43. The number of aliphatic carboxylic acids is 1. The molecule has 0 aliphatic heterocycles. The normalized spacial score (nSPS) is 14.1. The molecule has 0 heterocycles. The van der Waals surface area contributed by atoms with E-state index >= 15 is 0 Å². The second-order valence-corrected chi connectivity index (χ2v) is 6.05. The molecule has 0 atom stereocenters. The van der Waals surface area contributed by atoms with Crippen LogP contribution in [0.5, 0.6) is 0 Å². The molecule has 0 radical (unpaired) electrons. The van der Waals surface area contributed by atoms with Gasteiger partial charge in [-0.15, -0.1) is 0 Å². The number of carboxylic acids is 1. The predicted molar refractivity (Wildman–Crippen MR) is 101 cm³/mol. The molecule has 0 saturated heterocycles. The van der Waals surface area contributed by atoms with E-state index in [9.17, 15) is 28.8 Å². The monoisotopic (exact) mass is 404 g/mol. The van der Waals surface area contributed by atoms with E-state index in [0.717, 1.165) is 6.08 Å². The zero-order valence-corrected chi connectivity index (χ0v) is 15.2. The Kier molecular flexibility index (Phi) is 5.59. The van der Waals surface area contributed by atoms with E-state index in [4.69, 9.17) is 5.11 Å². The summed E-state index contributed by atoms with van der Waals surface area (Å²) in [6.45, 7) is 0. The summed E-state index contributed by atoms with van der Waals surface area (Å²) < 4.78 is 4.34. The lowest BCUT2D eigenvalue weighted by molar-refractivity contribution is -0.160. The summed E-state index contributed by atoms with van der Waals surface area (Å²) >= 11 is 0. The number of hydrogen-bond acceptors (Lipinski definition) is 7. The maximum Gasteiger partial charge on any atom is 0.422 e. The van der Waals surface area contributed by atoms with Gasteiger partial charge in [-0.3, -0.25) is 19.2 Å². The Morgan fingerprint density at radius 2 is 1.10 bits per heavy atom. The zero-order valence-electron chi connectivity index (χ0n) is 15.2. The SMILES string of the molecule is O=C(O)C(=O)OC1=CC(=O)c2ccccc2C1=O.O=C1C=CC(=O)c2ccccc21. The summed E-state index contributed by atoms with van der Waals surface area (Å²) in [6, 6.07) is 12.8. The van der Waals surface area contributed by atoms with Crippen molar-refractivity contribution in [1.82, 2.24) is 0 Å². The number of carbonyl (C=O) groups is 6. The molecule has 148 valence electrons. The minimum Gasteiger partial charge on any atom is -0.473 e. The van der Waals surface area contributed by atoms with Crippen molar-refractivity contribution in [3.8, 4) is 0 Å². The number of fused-ring (bicyclic) bond motifs is 2. The zero-order chi connectivity index (χ0) is 21.8. The highest BCUT2D eigenvalue weighted by molar-refractivity contribution is 6.31. The van der Waals surface area contributed by atoms with Crippen molar-refractivity contribution in [2.24, 2.45) is 0 Å². The van der Waals surface area contributed by atoms with Gasteiger partial charge in [0.05, 0.1) is 0 Å². The van der Waals surface area contributed by atoms with Crippen molar-refractivity contribution in [1.29, 1.82) is 0 Å². The van der Waals surface area contributed by atoms with Crippen LogP contribution in [0.3, 0.4) is 0 Å². The van der Waals surface area contributed by atoms with Gasteiger partial charge in [0, 0.05) is 28.3 Å². The van der Waals surface area contributed by atoms with E-state index in [1.165, 1.54) is 24.3 Å². The molecule has 0 amide bonds. The van der Waals surface area contributed by atoms with Gasteiger partial charge < -0.3 is 9.84 Å². The number of carboxylic acid groups (broad SMARTS) is 1. The van der Waals surface area contributed by atoms with Gasteiger partial charge in [-0.2, -0.15) is 0 Å². The Morgan fingerprint density at radius 3 is 1.57 bits per heavy atom. The number of allylic oxidation sites excluding steroid dienone is 4. The molecule has 0 aromatic heterocycles. The second kappa shape index (κ2) is 8.27. The third kappa shape index (κ3) is 4.02. The van der Waals surface area contributed by atoms with Gasteiger partial charge in [-0.25, -0.2) is 9.59 Å². The highest BCUT2D eigenvalue weighted by Gasteiger charge is 2.29. The molecule has 2 aliphatic rings. The number of ketones is 4. The highest BCUT2D eigenvalue weighted by Crippen LogP contribution is 2.21. The number of Topliss-reactive ketones (excluding diaryl/α,β-unsaturated/α-hetero) is 1. The Hall–Kier alpha value is -4.46. The minimum absolute atomic E-state index is 0.0817. The number of benzene rings is 2. The van der Waals surface area contributed by atoms with Crippen LogP contribution >= 0.6 is 0 Å². The summed E-state index contributed by atoms with van der Waals surface area (Å²) in [5, 5.41) is 8.36. The van der Waals surface area contributed by atoms with E-state index in [1.54, 1.807) is 36.4 Å². The van der Waals surface area contributed by atoms with E-state index in [-0.39, 0.29) is 22.7 Å². The first-order valence-electron chi connectivity index (χ1n) is 8.50. The maximum absolute atomic E-state index is 11.8. The van der Waals surface area contributed by atoms with Crippen molar-refractivity contribution < 1.29 is 38.6 Å². The van der Waals surface area contributed by atoms with Crippen molar-refractivity contribution in [3.63, 3.8) is 0 Å². The maximum atomic E-state index is 11.8. The first-order chi connectivity index (χ1) is 14.3. The highest BCUT2D eigenvalue weighted by atomic mass is 16.6. The van der Waals surface area contributed by atoms with Crippen molar-refractivity contribution in [2.45, 2.75) is 0 Å². The summed E-state index contributed by atoms with van der Waals surface area (Å²) in [5.41, 5.74) is 1.28. The molecular weight excluding hydrogens is 392 g/mol. The molecule has 1 N–H and O–H groups in total. The molecule has 0 bridgehead atoms. The molecule has 2 aromatic rings. The van der Waals surface area contributed by atoms with Gasteiger partial charge in [-0.05, 0) is 12.2 Å². The smallest absolute Gasteiger partial charge is 0.422 e. The first kappa shape index (κ1) is 20.3. The first-order valence-corrected chi connectivity index (χ1v) is 8.50. The number of hydrogen-bond donors (Lipinski definition) is 1. The van der Waals surface area contributed by atoms with E-state index in [1.807, 2.05) is 0 Å². The van der Waals surface area contributed by atoms with Crippen molar-refractivity contribution in [3.05, 3.63) is 94.8 Å². The number of rotatable bonds is 1. The molecule has 0 fully saturated rings. The molecular formula is C22H12O8. The van der Waals surface area contributed by atoms with Crippen molar-refractivity contribution >= 4 is 35.1 Å². The van der Waals surface area contributed by atoms with Crippen LogP contribution in [0, 0.1) is 0 Å². The molecule has 8 nitrogen and oxygen atoms in total. The van der Waals surface area contributed by atoms with Crippen LogP contribution in [0.4, 0.5) is 0 Å². The van der Waals surface area contributed by atoms with Crippen LogP contribution in [0.15, 0.2) is 72.5 Å². The molecule has 2 aliphatic carbocycles. The van der Waals surface area contributed by atoms with Crippen LogP contribution < -0.4 is 0 Å². The molecule has 8 heteroatoms. The predicted octanol–water partition coefficient (Wildman–Crippen LogP) is 2.20. The molecule has 0 saturated carbocycles. The van der Waals surface area contributed by atoms with E-state index in [2.05, 4.69) is 4.74 Å². The Morgan fingerprint density at radius 1 is 0.667 bits per heavy atom. The molecule has 30 heavy (non-hydrogen) atoms. The van der Waals surface area contributed by atoms with Gasteiger partial charge >= 0.3 is 11.9 Å². The Bertz CT molecular complexity index is 1150. The van der Waals surface area contributed by atoms with Crippen LogP contribution in [-0.4, -0.2) is 40.2 Å². The lowest BCUT2D eigenvalue weighted by Crippen LogP contribution is -2.23. The van der Waals surface area contributed by atoms with Gasteiger partial charge in [0.1, 0.15) is 0 Å². The molecule has 0 spiro atoms. The third-order valence-electron chi connectivity index (χ3n) is 4.14. The van der Waals surface area contributed by atoms with Crippen LogP contribution in [0.2, 0.25) is 0 Å². The van der Waals surface area contributed by atoms with E-state index < -0.39 is 29.3 Å². The summed E-state index contributed by atoms with van der Waals surface area (Å²) in [7, 11) is 0. The van der Waals surface area contributed by atoms with Gasteiger partial charge in [0.2, 0.25) is 5.78 Å². The van der Waals surface area contributed by atoms with Crippen LogP contribution in [0.25, 0.3) is 0 Å². The van der Waals surface area contributed by atoms with Gasteiger partial charge in [0.15, 0.2) is 23.1 Å². The Labute approximate surface area is 169 Å². The quantitative estimate of drug-likeness (QED) is 0.565. The Balaban J connectivity index is 0.000000184. The van der Waals surface area contributed by atoms with Gasteiger partial charge in [0.25, 0.3) is 0 Å². The number of ether oxygens (including phenoxy) is 1. The fourth-order valence-corrected chi connectivity index (χ4v) is 2.75. The topological polar surface area (TPSA) is 132 Å². The average Bonchev–Trinajstić information content (AvgIpc) is 2.75. The number of carbonyl (C=O) groups excluding carboxylic acids is 5. The standard InChI is InChI=1S/C12H6O6.C10H6O2/c13-8-5-9(18-12(17)11(15)16)10(14)7-4-2-1-3-6(7)8;11-9-5-6-10(12)8-4-2-1-3-7(8)9/h1-5H,(H,15,16);1-6H. The number of esters is 1. The molecule has 0 unspecified atom stereocenters. The lowest BCUT2D eigenvalue weighted by atomic mass is 9.94. The largest absolute Gasteiger partial charge is 0.473 e. The third-order valence-corrected chi connectivity index (χ3v) is 4.14. The summed E-state index contributed by atoms with van der Waals surface area (Å²) in [4.78, 5) is 67.0. The fourth-order valence-electron chi connectivity index (χ4n) is 2.75. The van der Waals surface area contributed by atoms with E-state index in [0.29, 0.717) is 11.1 Å². The molecule has 2 aromatic carbocycles. The second-order valence-electron chi connectivity index (χ2n) is 6.05.